The number of cyclic esters (lactones) is 1. The molecule has 5 unspecified atom stereocenters. The number of imide groups is 1. The van der Waals surface area contributed by atoms with Crippen molar-refractivity contribution in [3.05, 3.63) is 77.9 Å². The van der Waals surface area contributed by atoms with Crippen LogP contribution in [0.1, 0.15) is 144 Å². The first-order valence-corrected chi connectivity index (χ1v) is 49.0. The van der Waals surface area contributed by atoms with E-state index in [9.17, 15) is 101 Å². The lowest BCUT2D eigenvalue weighted by atomic mass is 9.89. The van der Waals surface area contributed by atoms with Crippen LogP contribution in [-0.4, -0.2) is 351 Å². The quantitative estimate of drug-likeness (QED) is 0.0129. The number of nitrogens with one attached hydrogen (secondary N) is 9. The Labute approximate surface area is 802 Å². The van der Waals surface area contributed by atoms with Crippen LogP contribution < -0.4 is 53.6 Å². The molecule has 3 aliphatic heterocycles. The van der Waals surface area contributed by atoms with Gasteiger partial charge < -0.3 is 131 Å². The van der Waals surface area contributed by atoms with Gasteiger partial charge in [0.05, 0.1) is 121 Å². The molecule has 0 aromatic heterocycles. The summed E-state index contributed by atoms with van der Waals surface area (Å²) in [6, 6.07) is 3.16. The van der Waals surface area contributed by atoms with Crippen LogP contribution in [0.15, 0.2) is 66.7 Å². The minimum atomic E-state index is -5.05. The minimum Gasteiger partial charge on any atom is -0.453 e. The Morgan fingerprint density at radius 3 is 1.81 bits per heavy atom. The summed E-state index contributed by atoms with van der Waals surface area (Å²) in [5.41, 5.74) is 6.11. The summed E-state index contributed by atoms with van der Waals surface area (Å²) in [6.45, 7) is 16.8. The fourth-order valence-corrected chi connectivity index (χ4v) is 17.2. The number of carbonyl (C=O) groups is 16. The second-order valence-electron chi connectivity index (χ2n) is 34.9. The maximum atomic E-state index is 14.7. The number of amides is 14. The summed E-state index contributed by atoms with van der Waals surface area (Å²) in [7, 11) is -1.35. The molecule has 2 aromatic carbocycles. The normalized spacial score (nSPS) is 19.0. The molecule has 49 heteroatoms. The van der Waals surface area contributed by atoms with Gasteiger partial charge in [-0.2, -0.15) is 0 Å². The number of esters is 2. The Kier molecular flexibility index (Phi) is 50.4. The fraction of sp³-hybridized carbons (Fsp3) is 0.663. The molecule has 0 radical (unpaired) electrons. The van der Waals surface area contributed by atoms with Crippen LogP contribution in [0, 0.1) is 29.6 Å². The average molecular weight is 2000 g/mol. The van der Waals surface area contributed by atoms with Crippen LogP contribution in [0.5, 0.6) is 0 Å². The number of urea groups is 1. The Hall–Kier alpha value is -10.2. The second kappa shape index (κ2) is 58.8. The molecule has 19 atom stereocenters. The number of aliphatic hydroxyl groups excluding tert-OH is 2. The number of phosphoric ester groups is 1. The highest BCUT2D eigenvalue weighted by molar-refractivity contribution is 7.51. The highest BCUT2D eigenvalue weighted by Gasteiger charge is 2.51. The fourth-order valence-electron chi connectivity index (χ4n) is 15.7. The zero-order valence-electron chi connectivity index (χ0n) is 80.7. The zero-order chi connectivity index (χ0) is 103. The number of primary amides is 1. The predicted octanol–water partition coefficient (Wildman–Crippen LogP) is -0.591. The van der Waals surface area contributed by atoms with Crippen LogP contribution in [0.2, 0.25) is 0 Å². The van der Waals surface area contributed by atoms with Gasteiger partial charge in [-0.05, 0) is 93.6 Å². The number of phosphoric acid groups is 1. The molecular weight excluding hydrogens is 1850 g/mol. The Bertz CT molecular complexity index is 4470. The average Bonchev–Trinajstić information content (AvgIpc) is 1.57. The van der Waals surface area contributed by atoms with E-state index >= 15 is 0 Å². The van der Waals surface area contributed by atoms with Crippen molar-refractivity contribution in [3.8, 4) is 0 Å². The highest BCUT2D eigenvalue weighted by Crippen LogP contribution is 2.50. The molecular formula is C89H140N14O33P2. The van der Waals surface area contributed by atoms with E-state index in [-0.39, 0.29) is 133 Å². The van der Waals surface area contributed by atoms with Crippen LogP contribution in [-0.2, 0) is 135 Å². The number of anilines is 1. The van der Waals surface area contributed by atoms with E-state index in [1.165, 1.54) is 52.3 Å². The highest BCUT2D eigenvalue weighted by atomic mass is 31.2. The molecule has 47 nitrogen and oxygen atoms in total. The van der Waals surface area contributed by atoms with Crippen molar-refractivity contribution >= 4 is 116 Å². The summed E-state index contributed by atoms with van der Waals surface area (Å²) in [5, 5.41) is 43.9. The van der Waals surface area contributed by atoms with E-state index in [1.54, 1.807) is 61.0 Å². The lowest BCUT2D eigenvalue weighted by molar-refractivity contribution is -0.164. The van der Waals surface area contributed by atoms with E-state index in [0.717, 1.165) is 12.2 Å². The number of aliphatic hydroxyl groups is 2. The standard InChI is InChI=1S/C89H140N14O33P2/c1-16-54(8)75(101(13)87(119)73(52(4)5)99-86(118)74(53(6)7)100(11)12)65(127-14)47-70(110)102-36-21-25-62(102)77(128-15)55(9)81(113)94-56(10)78(58-22-18-17-19-23-58)136-138(125,126)133-50-57-26-28-59(29-27-57)95-82(114)60(24-20-34-92-89(90)121)97-85(117)72(51(2)3)98-83(115)61(46-71(111)134-80-76(112)79(64(105)49-104)135-88(80)120)96-67(107)32-37-129-39-41-131-43-44-132-42-40-130-38-35-91-84(116)63(103-68(108)30-31-69(103)109)48-93-66(106)33-45-137(122,123)124/h17-19,22-23,26-31,49,51-56,60-65,72-80,105,112H,16,20-21,24-25,32-48,50H2,1-15H3,(H,91,116)(H,93,106)(H,94,113)(H,95,114)(H,96,107)(H,97,117)(H,98,115)(H,99,118)(H,125,126)(H3,90,92,121)(H2,122,123,124)/t54-,55+,56+,60-,61-,62-,63-,64?,65+,72-,73-,74-,75-,76?,77+,78+,79?,80?/m0/s1. The van der Waals surface area contributed by atoms with Crippen molar-refractivity contribution < 1.29 is 158 Å². The smallest absolute Gasteiger partial charge is 0.453 e. The first-order chi connectivity index (χ1) is 65.1. The minimum absolute atomic E-state index is 0.000305. The third-order valence-corrected chi connectivity index (χ3v) is 25.0. The van der Waals surface area contributed by atoms with Gasteiger partial charge in [-0.3, -0.25) is 85.7 Å². The number of ether oxygens (including phenoxy) is 8. The molecule has 2 saturated heterocycles. The van der Waals surface area contributed by atoms with E-state index in [4.69, 9.17) is 62.5 Å². The van der Waals surface area contributed by atoms with Gasteiger partial charge in [0, 0.05) is 78.1 Å². The molecule has 3 aliphatic rings. The van der Waals surface area contributed by atoms with Crippen LogP contribution in [0.4, 0.5) is 10.5 Å². The molecule has 0 spiro atoms. The van der Waals surface area contributed by atoms with Crippen molar-refractivity contribution in [2.45, 2.75) is 231 Å². The van der Waals surface area contributed by atoms with Gasteiger partial charge in [-0.1, -0.05) is 111 Å². The molecule has 5 rings (SSSR count). The molecule has 16 N–H and O–H groups in total. The number of likely N-dealkylation sites (tertiary alicyclic amines) is 1. The van der Waals surface area contributed by atoms with Gasteiger partial charge in [-0.15, -0.1) is 0 Å². The SMILES string of the molecule is CC[C@H](C)[C@@H]([C@@H](CC(=O)N1CCC[C@H]1[C@H](OC)[C@@H](C)C(=O)N[C@H](C)[C@@H](OP(=O)(O)OCc1ccc(NC(=O)[C@H](CCCNC(N)=O)NC(=O)[C@@H](NC(=O)[C@H](CC(=O)OC2C(=O)OC(C(O)C=O)C2O)NC(=O)CCOCCOCCOCCOCCNC(=O)[C@H](CNC(=O)CCP(=O)(O)O)N2C(=O)C=CC2=O)C(C)C)cc1)c1ccccc1)OC)N(C)C(=O)[C@@H](NC(=O)[C@H](C(C)C)N(C)C)C(C)C. The molecule has 2 aromatic rings. The predicted molar refractivity (Wildman–Crippen MR) is 493 cm³/mol. The Morgan fingerprint density at radius 1 is 0.652 bits per heavy atom. The molecule has 3 heterocycles. The van der Waals surface area contributed by atoms with Gasteiger partial charge in [0.2, 0.25) is 65.2 Å². The first kappa shape index (κ1) is 118. The molecule has 138 heavy (non-hydrogen) atoms. The number of aldehydes is 1. The zero-order valence-corrected chi connectivity index (χ0v) is 82.5. The van der Waals surface area contributed by atoms with Gasteiger partial charge in [0.25, 0.3) is 11.8 Å². The lowest BCUT2D eigenvalue weighted by Crippen LogP contribution is -2.59. The van der Waals surface area contributed by atoms with Crippen molar-refractivity contribution in [3.63, 3.8) is 0 Å². The van der Waals surface area contributed by atoms with Crippen LogP contribution >= 0.6 is 15.4 Å². The summed E-state index contributed by atoms with van der Waals surface area (Å²) in [5.74, 6) is -13.6. The summed E-state index contributed by atoms with van der Waals surface area (Å²) < 4.78 is 80.8. The second-order valence-corrected chi connectivity index (χ2v) is 38.1. The molecule has 0 bridgehead atoms. The van der Waals surface area contributed by atoms with Gasteiger partial charge >= 0.3 is 33.4 Å². The number of likely N-dealkylation sites (N-methyl/N-ethyl adjacent to an activating group) is 2. The number of hydrogen-bond acceptors (Lipinski definition) is 31. The van der Waals surface area contributed by atoms with Crippen LogP contribution in [0.25, 0.3) is 0 Å². The Balaban J connectivity index is 1.18. The molecule has 0 aliphatic carbocycles. The van der Waals surface area contributed by atoms with Crippen molar-refractivity contribution in [2.24, 2.45) is 35.3 Å². The number of benzene rings is 2. The molecule has 14 amide bonds. The Morgan fingerprint density at radius 2 is 1.25 bits per heavy atom. The maximum Gasteiger partial charge on any atom is 0.473 e. The number of nitrogens with zero attached hydrogens (tertiary/aromatic N) is 4. The van der Waals surface area contributed by atoms with Crippen LogP contribution in [0.3, 0.4) is 0 Å². The maximum absolute atomic E-state index is 14.7. The van der Waals surface area contributed by atoms with Gasteiger partial charge in [-0.25, -0.2) is 14.2 Å². The number of hydrogen-bond donors (Lipinski definition) is 15. The first-order valence-electron chi connectivity index (χ1n) is 45.7. The summed E-state index contributed by atoms with van der Waals surface area (Å²) in [6.07, 6.45) is -10.6. The summed E-state index contributed by atoms with van der Waals surface area (Å²) >= 11 is 0. The summed E-state index contributed by atoms with van der Waals surface area (Å²) in [4.78, 5) is 248. The third-order valence-electron chi connectivity index (χ3n) is 23.2. The van der Waals surface area contributed by atoms with E-state index in [1.807, 2.05) is 60.5 Å². The molecule has 774 valence electrons. The monoisotopic (exact) mass is 1990 g/mol. The van der Waals surface area contributed by atoms with Gasteiger partial charge in [0.15, 0.2) is 12.4 Å². The number of nitrogens with two attached hydrogens (primary N) is 1. The third kappa shape index (κ3) is 38.4. The van der Waals surface area contributed by atoms with Gasteiger partial charge in [0.1, 0.15) is 48.5 Å². The van der Waals surface area contributed by atoms with Crippen molar-refractivity contribution in [2.75, 3.05) is 126 Å². The number of methoxy groups -OCH3 is 2. The van der Waals surface area contributed by atoms with Crippen molar-refractivity contribution in [1.29, 1.82) is 0 Å². The lowest BCUT2D eigenvalue weighted by Gasteiger charge is -2.41. The van der Waals surface area contributed by atoms with E-state index in [2.05, 4.69) is 47.9 Å². The topological polar surface area (TPSA) is 648 Å². The molecule has 2 fully saturated rings. The number of rotatable bonds is 64. The van der Waals surface area contributed by atoms with E-state index in [0.29, 0.717) is 41.8 Å². The largest absolute Gasteiger partial charge is 0.473 e. The molecule has 0 saturated carbocycles. The van der Waals surface area contributed by atoms with Crippen molar-refractivity contribution in [1.82, 2.24) is 62.1 Å². The van der Waals surface area contributed by atoms with E-state index < -0.39 is 234 Å². The number of carbonyl (C=O) groups excluding carboxylic acids is 16.